The highest BCUT2D eigenvalue weighted by molar-refractivity contribution is 5.73. The lowest BCUT2D eigenvalue weighted by Crippen LogP contribution is -1.86. The molecule has 1 aromatic heterocycles. The quantitative estimate of drug-likeness (QED) is 0.763. The van der Waals surface area contributed by atoms with Gasteiger partial charge in [-0.15, -0.1) is 0 Å². The molecule has 0 radical (unpaired) electrons. The fraction of sp³-hybridized carbons (Fsp3) is 0.0909. The van der Waals surface area contributed by atoms with Crippen molar-refractivity contribution in [1.82, 2.24) is 9.97 Å². The van der Waals surface area contributed by atoms with E-state index in [0.717, 1.165) is 0 Å². The van der Waals surface area contributed by atoms with Crippen molar-refractivity contribution in [3.05, 3.63) is 41.6 Å². The standard InChI is InChI=1S/C11H9FN2O/c1-7-11(14-10(6-15)13-7)8-4-2-3-5-9(8)12/h2-6H,1H3,(H,13,14). The second-order valence-electron chi connectivity index (χ2n) is 3.19. The molecule has 15 heavy (non-hydrogen) atoms. The number of aldehydes is 1. The fourth-order valence-electron chi connectivity index (χ4n) is 1.45. The lowest BCUT2D eigenvalue weighted by Gasteiger charge is -1.99. The molecule has 1 aromatic carbocycles. The molecule has 0 atom stereocenters. The molecule has 2 rings (SSSR count). The molecule has 1 N–H and O–H groups in total. The van der Waals surface area contributed by atoms with Gasteiger partial charge in [0, 0.05) is 11.3 Å². The first-order valence-electron chi connectivity index (χ1n) is 4.49. The average molecular weight is 204 g/mol. The smallest absolute Gasteiger partial charge is 0.185 e. The summed E-state index contributed by atoms with van der Waals surface area (Å²) in [6.07, 6.45) is 0.608. The van der Waals surface area contributed by atoms with Gasteiger partial charge in [0.2, 0.25) is 0 Å². The first-order chi connectivity index (χ1) is 7.22. The summed E-state index contributed by atoms with van der Waals surface area (Å²) in [6.45, 7) is 1.75. The molecule has 0 spiro atoms. The number of aryl methyl sites for hydroxylation is 1. The van der Waals surface area contributed by atoms with Gasteiger partial charge >= 0.3 is 0 Å². The van der Waals surface area contributed by atoms with Crippen LogP contribution >= 0.6 is 0 Å². The minimum absolute atomic E-state index is 0.214. The van der Waals surface area contributed by atoms with E-state index < -0.39 is 0 Å². The molecule has 3 nitrogen and oxygen atoms in total. The summed E-state index contributed by atoms with van der Waals surface area (Å²) in [6, 6.07) is 6.34. The molecule has 0 unspecified atom stereocenters. The maximum atomic E-state index is 13.4. The zero-order valence-electron chi connectivity index (χ0n) is 8.12. The molecular weight excluding hydrogens is 195 g/mol. The summed E-state index contributed by atoms with van der Waals surface area (Å²) in [5.41, 5.74) is 1.57. The predicted octanol–water partition coefficient (Wildman–Crippen LogP) is 2.34. The Morgan fingerprint density at radius 3 is 2.73 bits per heavy atom. The number of halogens is 1. The lowest BCUT2D eigenvalue weighted by molar-refractivity contribution is 0.111. The zero-order chi connectivity index (χ0) is 10.8. The Labute approximate surface area is 86.0 Å². The van der Waals surface area contributed by atoms with Crippen LogP contribution in [0.2, 0.25) is 0 Å². The monoisotopic (exact) mass is 204 g/mol. The van der Waals surface area contributed by atoms with Crippen molar-refractivity contribution in [2.75, 3.05) is 0 Å². The number of nitrogens with one attached hydrogen (secondary N) is 1. The van der Waals surface area contributed by atoms with Crippen molar-refractivity contribution < 1.29 is 9.18 Å². The van der Waals surface area contributed by atoms with E-state index in [4.69, 9.17) is 0 Å². The summed E-state index contributed by atoms with van der Waals surface area (Å²) in [7, 11) is 0. The Bertz CT molecular complexity index is 505. The second-order valence-corrected chi connectivity index (χ2v) is 3.19. The highest BCUT2D eigenvalue weighted by Crippen LogP contribution is 2.23. The van der Waals surface area contributed by atoms with E-state index >= 15 is 0 Å². The molecule has 2 aromatic rings. The van der Waals surface area contributed by atoms with Crippen molar-refractivity contribution in [3.8, 4) is 11.3 Å². The molecule has 0 saturated carbocycles. The Morgan fingerprint density at radius 1 is 1.40 bits per heavy atom. The largest absolute Gasteiger partial charge is 0.339 e. The Hall–Kier alpha value is -1.97. The molecule has 0 aliphatic rings. The molecule has 76 valence electrons. The number of hydrogen-bond donors (Lipinski definition) is 1. The van der Waals surface area contributed by atoms with E-state index in [2.05, 4.69) is 9.97 Å². The number of benzene rings is 1. The maximum Gasteiger partial charge on any atom is 0.185 e. The van der Waals surface area contributed by atoms with Crippen LogP contribution in [-0.4, -0.2) is 16.3 Å². The van der Waals surface area contributed by atoms with Crippen LogP contribution in [-0.2, 0) is 0 Å². The Morgan fingerprint density at radius 2 is 2.13 bits per heavy atom. The molecule has 0 bridgehead atoms. The molecule has 0 fully saturated rings. The van der Waals surface area contributed by atoms with E-state index in [1.54, 1.807) is 25.1 Å². The molecule has 0 aliphatic carbocycles. The van der Waals surface area contributed by atoms with E-state index in [-0.39, 0.29) is 11.6 Å². The SMILES string of the molecule is Cc1[nH]c(C=O)nc1-c1ccccc1F. The summed E-state index contributed by atoms with van der Waals surface area (Å²) in [5, 5.41) is 0. The van der Waals surface area contributed by atoms with Gasteiger partial charge in [-0.05, 0) is 19.1 Å². The van der Waals surface area contributed by atoms with Crippen LogP contribution in [0, 0.1) is 12.7 Å². The third-order valence-electron chi connectivity index (χ3n) is 2.14. The number of rotatable bonds is 2. The van der Waals surface area contributed by atoms with Crippen molar-refractivity contribution in [2.24, 2.45) is 0 Å². The average Bonchev–Trinajstić information content (AvgIpc) is 2.60. The lowest BCUT2D eigenvalue weighted by atomic mass is 10.1. The number of H-pyrrole nitrogens is 1. The van der Waals surface area contributed by atoms with Crippen molar-refractivity contribution >= 4 is 6.29 Å². The normalized spacial score (nSPS) is 10.3. The minimum Gasteiger partial charge on any atom is -0.339 e. The summed E-state index contributed by atoms with van der Waals surface area (Å²) >= 11 is 0. The van der Waals surface area contributed by atoms with Crippen molar-refractivity contribution in [2.45, 2.75) is 6.92 Å². The summed E-state index contributed by atoms with van der Waals surface area (Å²) in [5.74, 6) is -0.129. The van der Waals surface area contributed by atoms with Crippen LogP contribution in [0.25, 0.3) is 11.3 Å². The van der Waals surface area contributed by atoms with E-state index in [0.29, 0.717) is 23.2 Å². The molecule has 0 amide bonds. The summed E-state index contributed by atoms with van der Waals surface area (Å²) < 4.78 is 13.4. The van der Waals surface area contributed by atoms with Gasteiger partial charge in [0.15, 0.2) is 12.1 Å². The predicted molar refractivity (Wildman–Crippen MR) is 54.1 cm³/mol. The number of nitrogens with zero attached hydrogens (tertiary/aromatic N) is 1. The van der Waals surface area contributed by atoms with E-state index in [1.807, 2.05) is 0 Å². The molecule has 0 aliphatic heterocycles. The van der Waals surface area contributed by atoms with Crippen LogP contribution in [0.15, 0.2) is 24.3 Å². The highest BCUT2D eigenvalue weighted by Gasteiger charge is 2.11. The number of carbonyl (C=O) groups excluding carboxylic acids is 1. The first kappa shape index (κ1) is 9.58. The summed E-state index contributed by atoms with van der Waals surface area (Å²) in [4.78, 5) is 17.3. The Kier molecular flexibility index (Phi) is 2.33. The van der Waals surface area contributed by atoms with Crippen LogP contribution < -0.4 is 0 Å². The van der Waals surface area contributed by atoms with Gasteiger partial charge in [0.1, 0.15) is 5.82 Å². The van der Waals surface area contributed by atoms with Gasteiger partial charge in [0.05, 0.1) is 5.69 Å². The van der Waals surface area contributed by atoms with Gasteiger partial charge < -0.3 is 4.98 Å². The highest BCUT2D eigenvalue weighted by atomic mass is 19.1. The number of imidazole rings is 1. The molecule has 4 heteroatoms. The topological polar surface area (TPSA) is 45.8 Å². The number of aromatic nitrogens is 2. The van der Waals surface area contributed by atoms with E-state index in [9.17, 15) is 9.18 Å². The molecular formula is C11H9FN2O. The number of aromatic amines is 1. The maximum absolute atomic E-state index is 13.4. The zero-order valence-corrected chi connectivity index (χ0v) is 8.12. The van der Waals surface area contributed by atoms with Gasteiger partial charge in [-0.1, -0.05) is 12.1 Å². The van der Waals surface area contributed by atoms with Crippen molar-refractivity contribution in [1.29, 1.82) is 0 Å². The van der Waals surface area contributed by atoms with E-state index in [1.165, 1.54) is 6.07 Å². The first-order valence-corrected chi connectivity index (χ1v) is 4.49. The third-order valence-corrected chi connectivity index (χ3v) is 2.14. The molecule has 1 heterocycles. The van der Waals surface area contributed by atoms with Crippen LogP contribution in [0.3, 0.4) is 0 Å². The Balaban J connectivity index is 2.58. The third kappa shape index (κ3) is 1.66. The minimum atomic E-state index is -0.343. The van der Waals surface area contributed by atoms with Crippen LogP contribution in [0.5, 0.6) is 0 Å². The van der Waals surface area contributed by atoms with Gasteiger partial charge in [0.25, 0.3) is 0 Å². The number of hydrogen-bond acceptors (Lipinski definition) is 2. The fourth-order valence-corrected chi connectivity index (χ4v) is 1.45. The van der Waals surface area contributed by atoms with Crippen LogP contribution in [0.4, 0.5) is 4.39 Å². The number of carbonyl (C=O) groups is 1. The van der Waals surface area contributed by atoms with Crippen molar-refractivity contribution in [3.63, 3.8) is 0 Å². The van der Waals surface area contributed by atoms with Gasteiger partial charge in [-0.25, -0.2) is 9.37 Å². The van der Waals surface area contributed by atoms with Gasteiger partial charge in [-0.3, -0.25) is 4.79 Å². The molecule has 0 saturated heterocycles. The van der Waals surface area contributed by atoms with Gasteiger partial charge in [-0.2, -0.15) is 0 Å². The van der Waals surface area contributed by atoms with Crippen LogP contribution in [0.1, 0.15) is 16.3 Å². The second kappa shape index (κ2) is 3.65.